The van der Waals surface area contributed by atoms with Gasteiger partial charge in [-0.05, 0) is 47.9 Å². The van der Waals surface area contributed by atoms with Gasteiger partial charge < -0.3 is 10.1 Å². The standard InChI is InChI=1S/C20H19NO2/c1-14-6-5-7-15(2)20(14)23-13-19(22)21-18-11-10-16-8-3-4-9-17(16)12-18/h3-12H,13H2,1-2H3,(H,21,22). The maximum Gasteiger partial charge on any atom is 0.262 e. The lowest BCUT2D eigenvalue weighted by atomic mass is 10.1. The highest BCUT2D eigenvalue weighted by Crippen LogP contribution is 2.22. The van der Waals surface area contributed by atoms with E-state index in [0.717, 1.165) is 33.3 Å². The summed E-state index contributed by atoms with van der Waals surface area (Å²) in [7, 11) is 0. The van der Waals surface area contributed by atoms with Crippen LogP contribution in [-0.4, -0.2) is 12.5 Å². The Bertz CT molecular complexity index is 835. The molecule has 1 N–H and O–H groups in total. The minimum absolute atomic E-state index is 0.00147. The van der Waals surface area contributed by atoms with Crippen molar-refractivity contribution in [2.45, 2.75) is 13.8 Å². The maximum atomic E-state index is 12.1. The third-order valence-electron chi connectivity index (χ3n) is 3.79. The molecule has 23 heavy (non-hydrogen) atoms. The molecule has 0 aromatic heterocycles. The molecule has 1 amide bonds. The molecule has 3 nitrogen and oxygen atoms in total. The predicted molar refractivity (Wildman–Crippen MR) is 94.0 cm³/mol. The summed E-state index contributed by atoms with van der Waals surface area (Å²) in [5.41, 5.74) is 2.84. The van der Waals surface area contributed by atoms with Crippen LogP contribution in [0.15, 0.2) is 60.7 Å². The van der Waals surface area contributed by atoms with E-state index in [1.54, 1.807) is 0 Å². The fourth-order valence-electron chi connectivity index (χ4n) is 2.63. The van der Waals surface area contributed by atoms with Crippen LogP contribution < -0.4 is 10.1 Å². The van der Waals surface area contributed by atoms with Crippen molar-refractivity contribution < 1.29 is 9.53 Å². The Hall–Kier alpha value is -2.81. The molecule has 0 fully saturated rings. The summed E-state index contributed by atoms with van der Waals surface area (Å²) in [4.78, 5) is 12.1. The average molecular weight is 305 g/mol. The summed E-state index contributed by atoms with van der Waals surface area (Å²) in [6.45, 7) is 3.95. The molecule has 0 heterocycles. The van der Waals surface area contributed by atoms with Crippen molar-refractivity contribution in [1.29, 1.82) is 0 Å². The highest BCUT2D eigenvalue weighted by atomic mass is 16.5. The zero-order valence-corrected chi connectivity index (χ0v) is 13.3. The number of anilines is 1. The first-order valence-corrected chi connectivity index (χ1v) is 7.61. The topological polar surface area (TPSA) is 38.3 Å². The molecule has 3 heteroatoms. The molecule has 3 aromatic carbocycles. The fraction of sp³-hybridized carbons (Fsp3) is 0.150. The Labute approximate surface area is 135 Å². The third-order valence-corrected chi connectivity index (χ3v) is 3.79. The van der Waals surface area contributed by atoms with Crippen LogP contribution in [-0.2, 0) is 4.79 Å². The number of ether oxygens (including phenoxy) is 1. The number of carbonyl (C=O) groups is 1. The van der Waals surface area contributed by atoms with Gasteiger partial charge in [0.15, 0.2) is 6.61 Å². The van der Waals surface area contributed by atoms with Gasteiger partial charge in [0.1, 0.15) is 5.75 Å². The van der Waals surface area contributed by atoms with E-state index in [-0.39, 0.29) is 12.5 Å². The van der Waals surface area contributed by atoms with Crippen LogP contribution in [0, 0.1) is 13.8 Å². The molecule has 0 aliphatic heterocycles. The minimum Gasteiger partial charge on any atom is -0.483 e. The molecule has 116 valence electrons. The Kier molecular flexibility index (Phi) is 4.29. The molecule has 0 bridgehead atoms. The quantitative estimate of drug-likeness (QED) is 0.772. The first-order valence-electron chi connectivity index (χ1n) is 7.61. The molecular formula is C20H19NO2. The van der Waals surface area contributed by atoms with E-state index in [9.17, 15) is 4.79 Å². The van der Waals surface area contributed by atoms with E-state index in [2.05, 4.69) is 5.32 Å². The predicted octanol–water partition coefficient (Wildman–Crippen LogP) is 4.47. The maximum absolute atomic E-state index is 12.1. The Balaban J connectivity index is 1.66. The van der Waals surface area contributed by atoms with Gasteiger partial charge in [-0.2, -0.15) is 0 Å². The number of hydrogen-bond acceptors (Lipinski definition) is 2. The summed E-state index contributed by atoms with van der Waals surface area (Å²) >= 11 is 0. The van der Waals surface area contributed by atoms with E-state index in [1.165, 1.54) is 0 Å². The second kappa shape index (κ2) is 6.53. The number of aryl methyl sites for hydroxylation is 2. The SMILES string of the molecule is Cc1cccc(C)c1OCC(=O)Nc1ccc2ccccc2c1. The van der Waals surface area contributed by atoms with Crippen molar-refractivity contribution in [3.63, 3.8) is 0 Å². The number of para-hydroxylation sites is 1. The van der Waals surface area contributed by atoms with Crippen molar-refractivity contribution >= 4 is 22.4 Å². The van der Waals surface area contributed by atoms with Crippen LogP contribution in [0.4, 0.5) is 5.69 Å². The lowest BCUT2D eigenvalue weighted by Crippen LogP contribution is -2.20. The Morgan fingerprint density at radius 3 is 2.35 bits per heavy atom. The molecule has 3 rings (SSSR count). The van der Waals surface area contributed by atoms with Gasteiger partial charge in [-0.25, -0.2) is 0 Å². The van der Waals surface area contributed by atoms with Gasteiger partial charge in [0.05, 0.1) is 0 Å². The lowest BCUT2D eigenvalue weighted by molar-refractivity contribution is -0.118. The highest BCUT2D eigenvalue weighted by molar-refractivity contribution is 5.95. The van der Waals surface area contributed by atoms with Crippen LogP contribution in [0.5, 0.6) is 5.75 Å². The highest BCUT2D eigenvalue weighted by Gasteiger charge is 2.08. The zero-order chi connectivity index (χ0) is 16.2. The molecule has 0 spiro atoms. The summed E-state index contributed by atoms with van der Waals surface area (Å²) in [6, 6.07) is 19.8. The van der Waals surface area contributed by atoms with Crippen LogP contribution >= 0.6 is 0 Å². The van der Waals surface area contributed by atoms with E-state index in [4.69, 9.17) is 4.74 Å². The van der Waals surface area contributed by atoms with E-state index >= 15 is 0 Å². The molecule has 0 saturated heterocycles. The van der Waals surface area contributed by atoms with Gasteiger partial charge in [-0.1, -0.05) is 48.5 Å². The van der Waals surface area contributed by atoms with Crippen LogP contribution in [0.25, 0.3) is 10.8 Å². The molecule has 0 aliphatic rings. The smallest absolute Gasteiger partial charge is 0.262 e. The van der Waals surface area contributed by atoms with Crippen LogP contribution in [0.2, 0.25) is 0 Å². The van der Waals surface area contributed by atoms with E-state index in [1.807, 2.05) is 74.5 Å². The number of amides is 1. The van der Waals surface area contributed by atoms with Crippen molar-refractivity contribution in [2.75, 3.05) is 11.9 Å². The Morgan fingerprint density at radius 1 is 0.913 bits per heavy atom. The van der Waals surface area contributed by atoms with Crippen molar-refractivity contribution in [3.8, 4) is 5.75 Å². The monoisotopic (exact) mass is 305 g/mol. The van der Waals surface area contributed by atoms with Gasteiger partial charge in [-0.3, -0.25) is 4.79 Å². The number of carbonyl (C=O) groups excluding carboxylic acids is 1. The van der Waals surface area contributed by atoms with Crippen molar-refractivity contribution in [3.05, 3.63) is 71.8 Å². The molecule has 0 unspecified atom stereocenters. The molecule has 0 aliphatic carbocycles. The van der Waals surface area contributed by atoms with Crippen molar-refractivity contribution in [1.82, 2.24) is 0 Å². The first-order chi connectivity index (χ1) is 11.1. The largest absolute Gasteiger partial charge is 0.483 e. The summed E-state index contributed by atoms with van der Waals surface area (Å²) < 4.78 is 5.68. The van der Waals surface area contributed by atoms with Gasteiger partial charge in [0.25, 0.3) is 5.91 Å². The first kappa shape index (κ1) is 15.1. The summed E-state index contributed by atoms with van der Waals surface area (Å²) in [6.07, 6.45) is 0. The van der Waals surface area contributed by atoms with E-state index in [0.29, 0.717) is 0 Å². The minimum atomic E-state index is -0.164. The number of nitrogens with one attached hydrogen (secondary N) is 1. The summed E-state index contributed by atoms with van der Waals surface area (Å²) in [5, 5.41) is 5.13. The van der Waals surface area contributed by atoms with E-state index < -0.39 is 0 Å². The summed E-state index contributed by atoms with van der Waals surface area (Å²) in [5.74, 6) is 0.615. The third kappa shape index (κ3) is 3.51. The number of hydrogen-bond donors (Lipinski definition) is 1. The molecule has 0 radical (unpaired) electrons. The van der Waals surface area contributed by atoms with Gasteiger partial charge >= 0.3 is 0 Å². The lowest BCUT2D eigenvalue weighted by Gasteiger charge is -2.12. The van der Waals surface area contributed by atoms with Gasteiger partial charge in [-0.15, -0.1) is 0 Å². The number of fused-ring (bicyclic) bond motifs is 1. The zero-order valence-electron chi connectivity index (χ0n) is 13.3. The number of benzene rings is 3. The van der Waals surface area contributed by atoms with Crippen molar-refractivity contribution in [2.24, 2.45) is 0 Å². The molecular weight excluding hydrogens is 286 g/mol. The normalized spacial score (nSPS) is 10.5. The van der Waals surface area contributed by atoms with Gasteiger partial charge in [0, 0.05) is 5.69 Å². The second-order valence-electron chi connectivity index (χ2n) is 5.62. The van der Waals surface area contributed by atoms with Crippen LogP contribution in [0.3, 0.4) is 0 Å². The van der Waals surface area contributed by atoms with Crippen LogP contribution in [0.1, 0.15) is 11.1 Å². The Morgan fingerprint density at radius 2 is 1.61 bits per heavy atom. The fourth-order valence-corrected chi connectivity index (χ4v) is 2.63. The van der Waals surface area contributed by atoms with Gasteiger partial charge in [0.2, 0.25) is 0 Å². The number of rotatable bonds is 4. The second-order valence-corrected chi connectivity index (χ2v) is 5.62. The molecule has 0 atom stereocenters. The molecule has 3 aromatic rings. The average Bonchev–Trinajstić information content (AvgIpc) is 2.54. The molecule has 0 saturated carbocycles.